The normalized spacial score (nSPS) is 20.2. The molecule has 0 atom stereocenters. The van der Waals surface area contributed by atoms with Gasteiger partial charge in [0.15, 0.2) is 0 Å². The molecule has 1 aliphatic carbocycles. The first-order valence-electron chi connectivity index (χ1n) is 11.3. The maximum atomic E-state index is 5.69. The smallest absolute Gasteiger partial charge is 0.138 e. The quantitative estimate of drug-likeness (QED) is 0.767. The van der Waals surface area contributed by atoms with Gasteiger partial charge in [-0.3, -0.25) is 4.90 Å². The van der Waals surface area contributed by atoms with Crippen molar-refractivity contribution in [3.8, 4) is 17.6 Å². The van der Waals surface area contributed by atoms with Crippen molar-refractivity contribution in [2.75, 3.05) is 45.3 Å². The monoisotopic (exact) mass is 406 g/mol. The average molecular weight is 407 g/mol. The number of nitrogens with zero attached hydrogens (tertiary/aromatic N) is 3. The van der Waals surface area contributed by atoms with Gasteiger partial charge in [-0.1, -0.05) is 11.8 Å². The van der Waals surface area contributed by atoms with Crippen LogP contribution in [0.4, 0.5) is 5.82 Å². The summed E-state index contributed by atoms with van der Waals surface area (Å²) in [5.74, 6) is 9.83. The third-order valence-electron chi connectivity index (χ3n) is 6.26. The van der Waals surface area contributed by atoms with Gasteiger partial charge in [0.25, 0.3) is 0 Å². The standard InChI is InChI=1S/C24H30N4O2/c1-29-22-16-20-21(15-18(22)5-4-12-28-10-2-3-11-28)26-23(17-6-7-17)27-24(20)25-19-8-13-30-14-9-19/h15-17,19H,2-3,6-14H2,1H3,(H,25,26,27). The Morgan fingerprint density at radius 3 is 2.67 bits per heavy atom. The van der Waals surface area contributed by atoms with E-state index in [1.165, 1.54) is 25.7 Å². The number of hydrogen-bond acceptors (Lipinski definition) is 6. The van der Waals surface area contributed by atoms with E-state index in [9.17, 15) is 0 Å². The van der Waals surface area contributed by atoms with E-state index in [-0.39, 0.29) is 0 Å². The summed E-state index contributed by atoms with van der Waals surface area (Å²) in [5.41, 5.74) is 1.86. The number of nitrogens with one attached hydrogen (secondary N) is 1. The Balaban J connectivity index is 1.49. The lowest BCUT2D eigenvalue weighted by Gasteiger charge is -2.24. The van der Waals surface area contributed by atoms with Crippen LogP contribution in [0, 0.1) is 11.8 Å². The van der Waals surface area contributed by atoms with Crippen LogP contribution in [0.5, 0.6) is 5.75 Å². The second-order valence-electron chi connectivity index (χ2n) is 8.59. The van der Waals surface area contributed by atoms with Gasteiger partial charge in [0, 0.05) is 30.6 Å². The van der Waals surface area contributed by atoms with Gasteiger partial charge in [-0.15, -0.1) is 0 Å². The van der Waals surface area contributed by atoms with Crippen molar-refractivity contribution in [2.24, 2.45) is 0 Å². The minimum atomic E-state index is 0.384. The van der Waals surface area contributed by atoms with Crippen LogP contribution in [-0.4, -0.2) is 60.9 Å². The highest BCUT2D eigenvalue weighted by atomic mass is 16.5. The van der Waals surface area contributed by atoms with E-state index in [0.717, 1.165) is 79.5 Å². The van der Waals surface area contributed by atoms with Gasteiger partial charge in [-0.2, -0.15) is 0 Å². The third kappa shape index (κ3) is 4.38. The molecule has 3 fully saturated rings. The lowest BCUT2D eigenvalue weighted by Crippen LogP contribution is -2.28. The summed E-state index contributed by atoms with van der Waals surface area (Å²) in [6.45, 7) is 4.73. The molecule has 0 amide bonds. The van der Waals surface area contributed by atoms with E-state index >= 15 is 0 Å². The number of anilines is 1. The number of methoxy groups -OCH3 is 1. The molecule has 0 spiro atoms. The van der Waals surface area contributed by atoms with Crippen LogP contribution in [0.25, 0.3) is 10.9 Å². The fourth-order valence-corrected chi connectivity index (χ4v) is 4.30. The van der Waals surface area contributed by atoms with Gasteiger partial charge in [-0.25, -0.2) is 9.97 Å². The molecule has 1 saturated carbocycles. The highest BCUT2D eigenvalue weighted by Crippen LogP contribution is 2.40. The Kier molecular flexibility index (Phi) is 5.74. The Morgan fingerprint density at radius 2 is 1.93 bits per heavy atom. The fraction of sp³-hybridized carbons (Fsp3) is 0.583. The molecule has 3 aliphatic rings. The van der Waals surface area contributed by atoms with Gasteiger partial charge in [0.1, 0.15) is 17.4 Å². The summed E-state index contributed by atoms with van der Waals surface area (Å²) in [6, 6.07) is 4.51. The lowest BCUT2D eigenvalue weighted by molar-refractivity contribution is 0.0904. The van der Waals surface area contributed by atoms with Crippen molar-refractivity contribution in [1.29, 1.82) is 0 Å². The zero-order valence-electron chi connectivity index (χ0n) is 17.7. The summed E-state index contributed by atoms with van der Waals surface area (Å²) in [7, 11) is 1.71. The molecule has 6 nitrogen and oxygen atoms in total. The molecule has 2 aromatic rings. The van der Waals surface area contributed by atoms with Crippen molar-refractivity contribution in [3.63, 3.8) is 0 Å². The molecular formula is C24H30N4O2. The first kappa shape index (κ1) is 19.6. The molecule has 1 aromatic carbocycles. The number of aromatic nitrogens is 2. The number of rotatable bonds is 5. The lowest BCUT2D eigenvalue weighted by atomic mass is 10.1. The fourth-order valence-electron chi connectivity index (χ4n) is 4.30. The third-order valence-corrected chi connectivity index (χ3v) is 6.26. The molecule has 6 heteroatoms. The van der Waals surface area contributed by atoms with Crippen LogP contribution < -0.4 is 10.1 Å². The Labute approximate surface area is 178 Å². The largest absolute Gasteiger partial charge is 0.495 e. The van der Waals surface area contributed by atoms with E-state index in [1.807, 2.05) is 6.07 Å². The number of fused-ring (bicyclic) bond motifs is 1. The zero-order valence-corrected chi connectivity index (χ0v) is 17.7. The molecule has 0 bridgehead atoms. The molecule has 2 saturated heterocycles. The summed E-state index contributed by atoms with van der Waals surface area (Å²) < 4.78 is 11.2. The first-order chi connectivity index (χ1) is 14.8. The van der Waals surface area contributed by atoms with Crippen molar-refractivity contribution in [1.82, 2.24) is 14.9 Å². The maximum absolute atomic E-state index is 5.69. The van der Waals surface area contributed by atoms with Crippen molar-refractivity contribution < 1.29 is 9.47 Å². The van der Waals surface area contributed by atoms with Crippen LogP contribution in [0.1, 0.15) is 55.8 Å². The van der Waals surface area contributed by atoms with Gasteiger partial charge in [0.2, 0.25) is 0 Å². The number of likely N-dealkylation sites (tertiary alicyclic amines) is 1. The van der Waals surface area contributed by atoms with Gasteiger partial charge in [-0.05, 0) is 63.7 Å². The van der Waals surface area contributed by atoms with Crippen LogP contribution in [0.3, 0.4) is 0 Å². The zero-order chi connectivity index (χ0) is 20.3. The predicted molar refractivity (Wildman–Crippen MR) is 118 cm³/mol. The number of ether oxygens (including phenoxy) is 2. The molecule has 0 radical (unpaired) electrons. The average Bonchev–Trinajstić information content (AvgIpc) is 3.50. The minimum Gasteiger partial charge on any atom is -0.495 e. The van der Waals surface area contributed by atoms with Gasteiger partial charge >= 0.3 is 0 Å². The second kappa shape index (κ2) is 8.79. The summed E-state index contributed by atoms with van der Waals surface area (Å²) in [5, 5.41) is 4.68. The van der Waals surface area contributed by atoms with E-state index in [0.29, 0.717) is 12.0 Å². The molecule has 2 aliphatic heterocycles. The first-order valence-corrected chi connectivity index (χ1v) is 11.3. The molecule has 158 valence electrons. The van der Waals surface area contributed by atoms with Crippen LogP contribution >= 0.6 is 0 Å². The molecule has 1 N–H and O–H groups in total. The van der Waals surface area contributed by atoms with Crippen molar-refractivity contribution >= 4 is 16.7 Å². The Hall–Kier alpha value is -2.36. The SMILES string of the molecule is COc1cc2c(NC3CCOCC3)nc(C3CC3)nc2cc1C#CCN1CCCC1. The second-order valence-corrected chi connectivity index (χ2v) is 8.59. The summed E-state index contributed by atoms with van der Waals surface area (Å²) >= 11 is 0. The maximum Gasteiger partial charge on any atom is 0.138 e. The van der Waals surface area contributed by atoms with E-state index in [1.54, 1.807) is 7.11 Å². The predicted octanol–water partition coefficient (Wildman–Crippen LogP) is 3.55. The topological polar surface area (TPSA) is 59.5 Å². The van der Waals surface area contributed by atoms with Crippen LogP contribution in [-0.2, 0) is 4.74 Å². The van der Waals surface area contributed by atoms with E-state index < -0.39 is 0 Å². The summed E-state index contributed by atoms with van der Waals surface area (Å²) in [4.78, 5) is 12.2. The number of hydrogen-bond donors (Lipinski definition) is 1. The molecule has 3 heterocycles. The Bertz CT molecular complexity index is 965. The minimum absolute atomic E-state index is 0.384. The van der Waals surface area contributed by atoms with Crippen molar-refractivity contribution in [2.45, 2.75) is 50.5 Å². The van der Waals surface area contributed by atoms with Gasteiger partial charge < -0.3 is 14.8 Å². The van der Waals surface area contributed by atoms with Crippen molar-refractivity contribution in [3.05, 3.63) is 23.5 Å². The highest BCUT2D eigenvalue weighted by Gasteiger charge is 2.28. The number of benzene rings is 1. The molecular weight excluding hydrogens is 376 g/mol. The molecule has 30 heavy (non-hydrogen) atoms. The van der Waals surface area contributed by atoms with Gasteiger partial charge in [0.05, 0.1) is 24.7 Å². The molecule has 5 rings (SSSR count). The van der Waals surface area contributed by atoms with Crippen LogP contribution in [0.2, 0.25) is 0 Å². The van der Waals surface area contributed by atoms with E-state index in [4.69, 9.17) is 19.4 Å². The van der Waals surface area contributed by atoms with E-state index in [2.05, 4.69) is 28.1 Å². The molecule has 1 aromatic heterocycles. The molecule has 0 unspecified atom stereocenters. The highest BCUT2D eigenvalue weighted by molar-refractivity contribution is 5.92. The summed E-state index contributed by atoms with van der Waals surface area (Å²) in [6.07, 6.45) is 6.93. The van der Waals surface area contributed by atoms with Crippen LogP contribution in [0.15, 0.2) is 12.1 Å². The Morgan fingerprint density at radius 1 is 1.13 bits per heavy atom.